The van der Waals surface area contributed by atoms with Gasteiger partial charge in [-0.3, -0.25) is 0 Å². The van der Waals surface area contributed by atoms with E-state index in [9.17, 15) is 0 Å². The van der Waals surface area contributed by atoms with Crippen molar-refractivity contribution < 1.29 is 0 Å². The molecule has 0 spiro atoms. The van der Waals surface area contributed by atoms with Crippen LogP contribution in [0.5, 0.6) is 0 Å². The first-order chi connectivity index (χ1) is 7.08. The van der Waals surface area contributed by atoms with Gasteiger partial charge in [0.05, 0.1) is 7.05 Å². The normalized spacial score (nSPS) is 13.4. The van der Waals surface area contributed by atoms with Gasteiger partial charge in [0.1, 0.15) is 0 Å². The number of thioether (sulfide) groups is 1. The third kappa shape index (κ3) is 5.13. The van der Waals surface area contributed by atoms with Crippen LogP contribution in [-0.2, 0) is 13.5 Å². The summed E-state index contributed by atoms with van der Waals surface area (Å²) in [6, 6.07) is 0.123. The zero-order chi connectivity index (χ0) is 11.3. The molecule has 0 aliphatic heterocycles. The fraction of sp³-hybridized carbons (Fsp3) is 0.889. The van der Waals surface area contributed by atoms with Gasteiger partial charge in [0, 0.05) is 18.2 Å². The largest absolute Gasteiger partial charge is 0.327 e. The summed E-state index contributed by atoms with van der Waals surface area (Å²) in [7, 11) is 1.76. The number of hydrogen-bond donors (Lipinski definition) is 1. The molecule has 1 aromatic heterocycles. The molecule has 1 rings (SSSR count). The Kier molecular flexibility index (Phi) is 5.04. The van der Waals surface area contributed by atoms with Gasteiger partial charge in [0.15, 0.2) is 5.82 Å². The Labute approximate surface area is 94.8 Å². The lowest BCUT2D eigenvalue weighted by Crippen LogP contribution is -2.26. The van der Waals surface area contributed by atoms with E-state index >= 15 is 0 Å². The number of hydrogen-bond acceptors (Lipinski definition) is 5. The van der Waals surface area contributed by atoms with Crippen LogP contribution in [0.1, 0.15) is 19.7 Å². The molecule has 0 aromatic carbocycles. The minimum atomic E-state index is 0.123. The zero-order valence-electron chi connectivity index (χ0n) is 9.55. The van der Waals surface area contributed by atoms with Crippen LogP contribution in [0, 0.1) is 5.92 Å². The predicted octanol–water partition coefficient (Wildman–Crippen LogP) is 0.469. The Morgan fingerprint density at radius 1 is 1.40 bits per heavy atom. The van der Waals surface area contributed by atoms with Gasteiger partial charge in [-0.15, -0.1) is 10.2 Å². The second-order valence-corrected chi connectivity index (χ2v) is 5.17. The Morgan fingerprint density at radius 2 is 2.13 bits per heavy atom. The smallest absolute Gasteiger partial charge is 0.176 e. The molecule has 86 valence electrons. The molecule has 0 bridgehead atoms. The van der Waals surface area contributed by atoms with Crippen LogP contribution in [0.4, 0.5) is 0 Å². The van der Waals surface area contributed by atoms with E-state index in [0.29, 0.717) is 6.42 Å². The van der Waals surface area contributed by atoms with E-state index in [1.54, 1.807) is 7.05 Å². The molecule has 1 atom stereocenters. The lowest BCUT2D eigenvalue weighted by Gasteiger charge is -2.09. The lowest BCUT2D eigenvalue weighted by atomic mass is 10.2. The van der Waals surface area contributed by atoms with E-state index in [1.165, 1.54) is 4.80 Å². The summed E-state index contributed by atoms with van der Waals surface area (Å²) in [5, 5.41) is 11.8. The molecule has 0 aliphatic rings. The first-order valence-electron chi connectivity index (χ1n) is 5.14. The standard InChI is InChI=1S/C9H19N5S/c1-7(2)5-15-6-8(10)4-9-11-13-14(3)12-9/h7-8H,4-6,10H2,1-3H3. The quantitative estimate of drug-likeness (QED) is 0.768. The van der Waals surface area contributed by atoms with Crippen molar-refractivity contribution in [3.63, 3.8) is 0 Å². The fourth-order valence-electron chi connectivity index (χ4n) is 1.15. The van der Waals surface area contributed by atoms with E-state index in [1.807, 2.05) is 11.8 Å². The van der Waals surface area contributed by atoms with E-state index in [2.05, 4.69) is 29.3 Å². The molecular formula is C9H19N5S. The summed E-state index contributed by atoms with van der Waals surface area (Å²) in [5.41, 5.74) is 5.96. The van der Waals surface area contributed by atoms with Gasteiger partial charge in [-0.1, -0.05) is 13.8 Å². The van der Waals surface area contributed by atoms with Gasteiger partial charge in [-0.25, -0.2) is 0 Å². The second kappa shape index (κ2) is 6.07. The number of rotatable bonds is 6. The number of aryl methyl sites for hydroxylation is 1. The van der Waals surface area contributed by atoms with Gasteiger partial charge in [-0.2, -0.15) is 16.6 Å². The van der Waals surface area contributed by atoms with Crippen molar-refractivity contribution in [2.75, 3.05) is 11.5 Å². The van der Waals surface area contributed by atoms with Crippen molar-refractivity contribution in [2.24, 2.45) is 18.7 Å². The van der Waals surface area contributed by atoms with E-state index < -0.39 is 0 Å². The molecule has 2 N–H and O–H groups in total. The molecule has 5 nitrogen and oxygen atoms in total. The molecular weight excluding hydrogens is 210 g/mol. The summed E-state index contributed by atoms with van der Waals surface area (Å²) in [6.45, 7) is 4.42. The average molecular weight is 229 g/mol. The Bertz CT molecular complexity index is 286. The number of nitrogens with two attached hydrogens (primary N) is 1. The fourth-order valence-corrected chi connectivity index (χ4v) is 2.18. The highest BCUT2D eigenvalue weighted by atomic mass is 32.2. The van der Waals surface area contributed by atoms with Crippen molar-refractivity contribution in [1.82, 2.24) is 20.2 Å². The molecule has 0 aliphatic carbocycles. The highest BCUT2D eigenvalue weighted by Crippen LogP contribution is 2.09. The van der Waals surface area contributed by atoms with Gasteiger partial charge >= 0.3 is 0 Å². The van der Waals surface area contributed by atoms with Crippen LogP contribution in [0.2, 0.25) is 0 Å². The second-order valence-electron chi connectivity index (χ2n) is 4.09. The molecule has 1 heterocycles. The third-order valence-corrected chi connectivity index (χ3v) is 3.34. The van der Waals surface area contributed by atoms with Gasteiger partial charge in [0.25, 0.3) is 0 Å². The number of nitrogens with zero attached hydrogens (tertiary/aromatic N) is 4. The van der Waals surface area contributed by atoms with E-state index in [0.717, 1.165) is 23.2 Å². The molecule has 1 unspecified atom stereocenters. The topological polar surface area (TPSA) is 69.6 Å². The van der Waals surface area contributed by atoms with Crippen LogP contribution in [0.25, 0.3) is 0 Å². The van der Waals surface area contributed by atoms with Gasteiger partial charge < -0.3 is 5.73 Å². The van der Waals surface area contributed by atoms with Gasteiger partial charge in [0.2, 0.25) is 0 Å². The average Bonchev–Trinajstić information content (AvgIpc) is 2.50. The molecule has 1 aromatic rings. The van der Waals surface area contributed by atoms with Gasteiger partial charge in [-0.05, 0) is 16.9 Å². The minimum absolute atomic E-state index is 0.123. The van der Waals surface area contributed by atoms with E-state index in [-0.39, 0.29) is 6.04 Å². The first kappa shape index (κ1) is 12.4. The summed E-state index contributed by atoms with van der Waals surface area (Å²) < 4.78 is 0. The maximum absolute atomic E-state index is 5.96. The van der Waals surface area contributed by atoms with Crippen LogP contribution < -0.4 is 5.73 Å². The van der Waals surface area contributed by atoms with Crippen molar-refractivity contribution in [2.45, 2.75) is 26.3 Å². The SMILES string of the molecule is CC(C)CSCC(N)Cc1nnn(C)n1. The van der Waals surface area contributed by atoms with Crippen molar-refractivity contribution in [3.05, 3.63) is 5.82 Å². The molecule has 0 saturated heterocycles. The molecule has 0 amide bonds. The third-order valence-electron chi connectivity index (χ3n) is 1.78. The van der Waals surface area contributed by atoms with Crippen LogP contribution in [0.3, 0.4) is 0 Å². The summed E-state index contributed by atoms with van der Waals surface area (Å²) >= 11 is 1.89. The highest BCUT2D eigenvalue weighted by Gasteiger charge is 2.08. The van der Waals surface area contributed by atoms with Crippen LogP contribution in [0.15, 0.2) is 0 Å². The van der Waals surface area contributed by atoms with Crippen molar-refractivity contribution in [3.8, 4) is 0 Å². The lowest BCUT2D eigenvalue weighted by molar-refractivity contribution is 0.624. The van der Waals surface area contributed by atoms with Crippen molar-refractivity contribution in [1.29, 1.82) is 0 Å². The Hall–Kier alpha value is -0.620. The number of tetrazole rings is 1. The summed E-state index contributed by atoms with van der Waals surface area (Å²) in [4.78, 5) is 1.46. The summed E-state index contributed by atoms with van der Waals surface area (Å²) in [6.07, 6.45) is 0.707. The molecule has 0 saturated carbocycles. The zero-order valence-corrected chi connectivity index (χ0v) is 10.4. The first-order valence-corrected chi connectivity index (χ1v) is 6.29. The summed E-state index contributed by atoms with van der Waals surface area (Å²) in [5.74, 6) is 3.56. The molecule has 15 heavy (non-hydrogen) atoms. The Morgan fingerprint density at radius 3 is 2.67 bits per heavy atom. The molecule has 0 fully saturated rings. The van der Waals surface area contributed by atoms with E-state index in [4.69, 9.17) is 5.73 Å². The monoisotopic (exact) mass is 229 g/mol. The molecule has 0 radical (unpaired) electrons. The van der Waals surface area contributed by atoms with Crippen molar-refractivity contribution >= 4 is 11.8 Å². The minimum Gasteiger partial charge on any atom is -0.327 e. The maximum Gasteiger partial charge on any atom is 0.176 e. The molecule has 6 heteroatoms. The van der Waals surface area contributed by atoms with Crippen LogP contribution in [-0.4, -0.2) is 37.8 Å². The Balaban J connectivity index is 2.21. The maximum atomic E-state index is 5.96. The highest BCUT2D eigenvalue weighted by molar-refractivity contribution is 7.99. The van der Waals surface area contributed by atoms with Crippen LogP contribution >= 0.6 is 11.8 Å². The predicted molar refractivity (Wildman–Crippen MR) is 62.6 cm³/mol. The number of aromatic nitrogens is 4.